The number of benzene rings is 8. The fourth-order valence-electron chi connectivity index (χ4n) is 9.33. The number of para-hydroxylation sites is 2. The van der Waals surface area contributed by atoms with Crippen LogP contribution >= 0.6 is 0 Å². The summed E-state index contributed by atoms with van der Waals surface area (Å²) < 4.78 is 0. The third kappa shape index (κ3) is 3.51. The van der Waals surface area contributed by atoms with Crippen molar-refractivity contribution in [2.45, 2.75) is 5.41 Å². The van der Waals surface area contributed by atoms with Gasteiger partial charge in [-0.15, -0.1) is 0 Å². The molecule has 232 valence electrons. The van der Waals surface area contributed by atoms with E-state index >= 15 is 0 Å². The smallest absolute Gasteiger partial charge is 0.0725 e. The van der Waals surface area contributed by atoms with Gasteiger partial charge >= 0.3 is 0 Å². The van der Waals surface area contributed by atoms with Crippen LogP contribution in [0.3, 0.4) is 0 Å². The van der Waals surface area contributed by atoms with Crippen LogP contribution in [0, 0.1) is 0 Å². The summed E-state index contributed by atoms with van der Waals surface area (Å²) in [7, 11) is 0. The Hall–Kier alpha value is -6.44. The molecule has 0 unspecified atom stereocenters. The van der Waals surface area contributed by atoms with E-state index < -0.39 is 5.41 Å². The van der Waals surface area contributed by atoms with E-state index in [0.717, 1.165) is 5.69 Å². The van der Waals surface area contributed by atoms with E-state index in [1.165, 1.54) is 89.3 Å². The van der Waals surface area contributed by atoms with Crippen molar-refractivity contribution in [3.8, 4) is 55.6 Å². The molecule has 2 aliphatic carbocycles. The third-order valence-electron chi connectivity index (χ3n) is 11.3. The molecule has 0 atom stereocenters. The van der Waals surface area contributed by atoms with Gasteiger partial charge in [0.1, 0.15) is 0 Å². The normalized spacial score (nSPS) is 13.7. The summed E-state index contributed by atoms with van der Waals surface area (Å²) >= 11 is 0. The Balaban J connectivity index is 1.23. The van der Waals surface area contributed by atoms with Crippen molar-refractivity contribution in [3.05, 3.63) is 210 Å². The molecule has 1 heteroatoms. The summed E-state index contributed by atoms with van der Waals surface area (Å²) in [4.78, 5) is 2.48. The second-order valence-corrected chi connectivity index (χ2v) is 13.6. The van der Waals surface area contributed by atoms with Gasteiger partial charge in [0, 0.05) is 16.8 Å². The monoisotopic (exact) mass is 633 g/mol. The van der Waals surface area contributed by atoms with E-state index in [0.29, 0.717) is 0 Å². The predicted molar refractivity (Wildman–Crippen MR) is 207 cm³/mol. The van der Waals surface area contributed by atoms with Crippen LogP contribution in [-0.2, 0) is 5.41 Å². The summed E-state index contributed by atoms with van der Waals surface area (Å²) in [5.74, 6) is 0. The van der Waals surface area contributed by atoms with Crippen LogP contribution in [0.1, 0.15) is 22.3 Å². The predicted octanol–water partition coefficient (Wildman–Crippen LogP) is 12.8. The summed E-state index contributed by atoms with van der Waals surface area (Å²) in [5, 5.41) is 0. The van der Waals surface area contributed by atoms with Gasteiger partial charge in [0.2, 0.25) is 0 Å². The molecule has 0 saturated carbocycles. The van der Waals surface area contributed by atoms with E-state index in [2.05, 4.69) is 193 Å². The maximum Gasteiger partial charge on any atom is 0.0725 e. The molecule has 8 aromatic carbocycles. The van der Waals surface area contributed by atoms with Gasteiger partial charge in [-0.05, 0) is 91.0 Å². The first-order valence-corrected chi connectivity index (χ1v) is 17.5. The number of fused-ring (bicyclic) bond motifs is 17. The summed E-state index contributed by atoms with van der Waals surface area (Å²) in [5.41, 5.74) is 21.1. The molecule has 3 aliphatic rings. The van der Waals surface area contributed by atoms with Gasteiger partial charge < -0.3 is 4.90 Å². The zero-order valence-corrected chi connectivity index (χ0v) is 27.3. The molecule has 0 bridgehead atoms. The molecule has 0 amide bonds. The average Bonchev–Trinajstić information content (AvgIpc) is 3.34. The first-order chi connectivity index (χ1) is 24.8. The Kier molecular flexibility index (Phi) is 5.66. The Morgan fingerprint density at radius 1 is 0.260 bits per heavy atom. The third-order valence-corrected chi connectivity index (χ3v) is 11.3. The number of nitrogens with zero attached hydrogens (tertiary/aromatic N) is 1. The lowest BCUT2D eigenvalue weighted by molar-refractivity contribution is 0.775. The van der Waals surface area contributed by atoms with Gasteiger partial charge in [-0.25, -0.2) is 0 Å². The van der Waals surface area contributed by atoms with Gasteiger partial charge in [-0.1, -0.05) is 164 Å². The van der Waals surface area contributed by atoms with Gasteiger partial charge in [-0.3, -0.25) is 0 Å². The highest BCUT2D eigenvalue weighted by Crippen LogP contribution is 2.62. The fraction of sp³-hybridized carbons (Fsp3) is 0.0204. The number of rotatable bonds is 1. The van der Waals surface area contributed by atoms with Gasteiger partial charge in [0.15, 0.2) is 0 Å². The molecule has 0 aromatic heterocycles. The molecule has 1 spiro atoms. The number of hydrogen-bond acceptors (Lipinski definition) is 1. The summed E-state index contributed by atoms with van der Waals surface area (Å²) in [6.07, 6.45) is 0. The highest BCUT2D eigenvalue weighted by atomic mass is 15.1. The molecule has 8 aromatic rings. The molecule has 1 aliphatic heterocycles. The molecular formula is C49H31N. The Bertz CT molecular complexity index is 2550. The minimum Gasteiger partial charge on any atom is -0.309 e. The molecule has 50 heavy (non-hydrogen) atoms. The van der Waals surface area contributed by atoms with Crippen LogP contribution in [0.25, 0.3) is 55.6 Å². The topological polar surface area (TPSA) is 3.24 Å². The Morgan fingerprint density at radius 3 is 1.04 bits per heavy atom. The van der Waals surface area contributed by atoms with Crippen molar-refractivity contribution < 1.29 is 0 Å². The van der Waals surface area contributed by atoms with E-state index in [4.69, 9.17) is 0 Å². The van der Waals surface area contributed by atoms with Crippen LogP contribution in [0.2, 0.25) is 0 Å². The van der Waals surface area contributed by atoms with Gasteiger partial charge in [-0.2, -0.15) is 0 Å². The zero-order valence-electron chi connectivity index (χ0n) is 27.3. The molecule has 0 saturated heterocycles. The lowest BCUT2D eigenvalue weighted by Crippen LogP contribution is -2.29. The highest BCUT2D eigenvalue weighted by Gasteiger charge is 2.49. The Labute approximate surface area is 292 Å². The molecule has 0 fully saturated rings. The summed E-state index contributed by atoms with van der Waals surface area (Å²) in [6.45, 7) is 0. The van der Waals surface area contributed by atoms with Gasteiger partial charge in [0.25, 0.3) is 0 Å². The largest absolute Gasteiger partial charge is 0.309 e. The van der Waals surface area contributed by atoms with Crippen molar-refractivity contribution in [3.63, 3.8) is 0 Å². The van der Waals surface area contributed by atoms with E-state index in [-0.39, 0.29) is 0 Å². The Morgan fingerprint density at radius 2 is 0.580 bits per heavy atom. The number of anilines is 3. The maximum atomic E-state index is 2.48. The molecular weight excluding hydrogens is 603 g/mol. The average molecular weight is 634 g/mol. The van der Waals surface area contributed by atoms with Gasteiger partial charge in [0.05, 0.1) is 16.8 Å². The van der Waals surface area contributed by atoms with Crippen molar-refractivity contribution in [1.82, 2.24) is 0 Å². The van der Waals surface area contributed by atoms with Crippen molar-refractivity contribution in [2.24, 2.45) is 0 Å². The summed E-state index contributed by atoms with van der Waals surface area (Å²) in [6, 6.07) is 70.0. The SMILES string of the molecule is c1ccc2c(c1)-c1ccccc1N(c1ccc3c(c1)-c1ccccc1C31c3ccccc3-c3ccccc3-c3ccccc31)c1ccccc1-2. The van der Waals surface area contributed by atoms with E-state index in [9.17, 15) is 0 Å². The first-order valence-electron chi connectivity index (χ1n) is 17.5. The molecule has 1 heterocycles. The number of hydrogen-bond donors (Lipinski definition) is 0. The first kappa shape index (κ1) is 27.5. The van der Waals surface area contributed by atoms with E-state index in [1.807, 2.05) is 0 Å². The maximum absolute atomic E-state index is 2.48. The van der Waals surface area contributed by atoms with Crippen LogP contribution in [0.15, 0.2) is 188 Å². The van der Waals surface area contributed by atoms with Crippen LogP contribution in [-0.4, -0.2) is 0 Å². The highest BCUT2D eigenvalue weighted by molar-refractivity contribution is 6.04. The van der Waals surface area contributed by atoms with Crippen molar-refractivity contribution >= 4 is 17.1 Å². The lowest BCUT2D eigenvalue weighted by atomic mass is 9.66. The zero-order chi connectivity index (χ0) is 32.8. The lowest BCUT2D eigenvalue weighted by Gasteiger charge is -2.35. The van der Waals surface area contributed by atoms with Crippen LogP contribution in [0.4, 0.5) is 17.1 Å². The molecule has 11 rings (SSSR count). The quantitative estimate of drug-likeness (QED) is 0.174. The molecule has 0 N–H and O–H groups in total. The van der Waals surface area contributed by atoms with E-state index in [1.54, 1.807) is 0 Å². The second-order valence-electron chi connectivity index (χ2n) is 13.6. The van der Waals surface area contributed by atoms with Crippen LogP contribution < -0.4 is 4.90 Å². The minimum atomic E-state index is -0.485. The van der Waals surface area contributed by atoms with Crippen LogP contribution in [0.5, 0.6) is 0 Å². The standard InChI is InChI=1S/C49H31N/c1-2-16-34-33(15-1)37-19-5-10-24-43(37)49(44-25-11-6-20-38(34)44)45-26-12-7-21-39(45)42-31-32(29-30-46(42)49)50-47-27-13-8-22-40(47)35-17-3-4-18-36(35)41-23-9-14-28-48(41)50/h1-31H. The minimum absolute atomic E-state index is 0.485. The molecule has 0 radical (unpaired) electrons. The van der Waals surface area contributed by atoms with Crippen molar-refractivity contribution in [2.75, 3.05) is 4.90 Å². The molecule has 1 nitrogen and oxygen atoms in total. The fourth-order valence-corrected chi connectivity index (χ4v) is 9.33. The van der Waals surface area contributed by atoms with Crippen molar-refractivity contribution in [1.29, 1.82) is 0 Å². The second kappa shape index (κ2) is 10.3.